The van der Waals surface area contributed by atoms with Gasteiger partial charge in [-0.15, -0.1) is 0 Å². The van der Waals surface area contributed by atoms with Crippen LogP contribution in [0, 0.1) is 17.8 Å². The maximum atomic E-state index is 11.5. The second-order valence-corrected chi connectivity index (χ2v) is 5.03. The molecule has 3 N–H and O–H groups in total. The van der Waals surface area contributed by atoms with Crippen LogP contribution in [0.4, 0.5) is 0 Å². The summed E-state index contributed by atoms with van der Waals surface area (Å²) >= 11 is 0. The topological polar surface area (TPSA) is 95.5 Å². The highest BCUT2D eigenvalue weighted by molar-refractivity contribution is 5.89. The fourth-order valence-corrected chi connectivity index (χ4v) is 1.59. The molecule has 2 unspecified atom stereocenters. The van der Waals surface area contributed by atoms with Crippen LogP contribution in [0.1, 0.15) is 26.7 Å². The number of nitrogens with one attached hydrogen (secondary N) is 2. The van der Waals surface area contributed by atoms with Crippen molar-refractivity contribution in [1.82, 2.24) is 10.6 Å². The summed E-state index contributed by atoms with van der Waals surface area (Å²) in [5.41, 5.74) is 0. The summed E-state index contributed by atoms with van der Waals surface area (Å²) in [5.74, 6) is -1.86. The molecule has 0 aromatic heterocycles. The minimum atomic E-state index is -0.926. The Hall–Kier alpha value is -1.59. The van der Waals surface area contributed by atoms with Crippen LogP contribution >= 0.6 is 0 Å². The van der Waals surface area contributed by atoms with Gasteiger partial charge in [0.15, 0.2) is 0 Å². The first kappa shape index (κ1) is 14.5. The average molecular weight is 256 g/mol. The van der Waals surface area contributed by atoms with Crippen LogP contribution < -0.4 is 10.6 Å². The lowest BCUT2D eigenvalue weighted by Crippen LogP contribution is -2.33. The summed E-state index contributed by atoms with van der Waals surface area (Å²) in [6.07, 6.45) is 0.629. The molecule has 18 heavy (non-hydrogen) atoms. The minimum Gasteiger partial charge on any atom is -0.481 e. The van der Waals surface area contributed by atoms with Gasteiger partial charge in [0.25, 0.3) is 0 Å². The fraction of sp³-hybridized carbons (Fsp3) is 0.750. The molecule has 1 fully saturated rings. The van der Waals surface area contributed by atoms with E-state index in [1.165, 1.54) is 0 Å². The first-order valence-electron chi connectivity index (χ1n) is 6.19. The lowest BCUT2D eigenvalue weighted by Gasteiger charge is -2.08. The van der Waals surface area contributed by atoms with Crippen molar-refractivity contribution in [3.8, 4) is 0 Å². The van der Waals surface area contributed by atoms with Gasteiger partial charge in [0.2, 0.25) is 11.8 Å². The van der Waals surface area contributed by atoms with Crippen molar-refractivity contribution in [2.75, 3.05) is 13.1 Å². The zero-order valence-electron chi connectivity index (χ0n) is 10.7. The molecule has 6 heteroatoms. The van der Waals surface area contributed by atoms with E-state index in [1.807, 2.05) is 13.8 Å². The molecule has 1 saturated carbocycles. The molecule has 2 atom stereocenters. The van der Waals surface area contributed by atoms with Crippen molar-refractivity contribution in [1.29, 1.82) is 0 Å². The third kappa shape index (κ3) is 4.73. The first-order valence-corrected chi connectivity index (χ1v) is 6.19. The van der Waals surface area contributed by atoms with Crippen LogP contribution in [0.15, 0.2) is 0 Å². The Balaban J connectivity index is 2.09. The number of amides is 2. The van der Waals surface area contributed by atoms with Crippen molar-refractivity contribution < 1.29 is 19.5 Å². The van der Waals surface area contributed by atoms with Gasteiger partial charge in [-0.2, -0.15) is 0 Å². The van der Waals surface area contributed by atoms with Gasteiger partial charge in [-0.25, -0.2) is 0 Å². The summed E-state index contributed by atoms with van der Waals surface area (Å²) in [7, 11) is 0. The third-order valence-electron chi connectivity index (χ3n) is 2.80. The fourth-order valence-electron chi connectivity index (χ4n) is 1.59. The summed E-state index contributed by atoms with van der Waals surface area (Å²) in [6.45, 7) is 4.88. The van der Waals surface area contributed by atoms with Crippen LogP contribution in [-0.2, 0) is 14.4 Å². The van der Waals surface area contributed by atoms with E-state index in [2.05, 4.69) is 10.6 Å². The van der Waals surface area contributed by atoms with Gasteiger partial charge in [0, 0.05) is 19.5 Å². The molecule has 1 aliphatic rings. The zero-order valence-corrected chi connectivity index (χ0v) is 10.7. The SMILES string of the molecule is CC(C)CNC(=O)CCNC(=O)C1CC1C(=O)O. The number of carboxylic acid groups (broad SMARTS) is 1. The van der Waals surface area contributed by atoms with Gasteiger partial charge in [-0.05, 0) is 12.3 Å². The van der Waals surface area contributed by atoms with Gasteiger partial charge in [0.05, 0.1) is 11.8 Å². The maximum Gasteiger partial charge on any atom is 0.307 e. The normalized spacial score (nSPS) is 21.5. The number of hydrogen-bond acceptors (Lipinski definition) is 3. The number of carboxylic acids is 1. The monoisotopic (exact) mass is 256 g/mol. The largest absolute Gasteiger partial charge is 0.481 e. The molecule has 0 spiro atoms. The molecule has 0 aromatic carbocycles. The number of aliphatic carboxylic acids is 1. The lowest BCUT2D eigenvalue weighted by atomic mass is 10.2. The van der Waals surface area contributed by atoms with Gasteiger partial charge in [-0.1, -0.05) is 13.8 Å². The van der Waals surface area contributed by atoms with Crippen molar-refractivity contribution in [3.05, 3.63) is 0 Å². The van der Waals surface area contributed by atoms with Gasteiger partial charge in [-0.3, -0.25) is 14.4 Å². The van der Waals surface area contributed by atoms with E-state index >= 15 is 0 Å². The standard InChI is InChI=1S/C12H20N2O4/c1-7(2)6-14-10(15)3-4-13-11(16)8-5-9(8)12(17)18/h7-9H,3-6H2,1-2H3,(H,13,16)(H,14,15)(H,17,18). The van der Waals surface area contributed by atoms with Gasteiger partial charge >= 0.3 is 5.97 Å². The second-order valence-electron chi connectivity index (χ2n) is 5.03. The van der Waals surface area contributed by atoms with E-state index < -0.39 is 17.8 Å². The van der Waals surface area contributed by atoms with E-state index in [9.17, 15) is 14.4 Å². The predicted octanol–water partition coefficient (Wildman–Crippen LogP) is -0.0144. The molecule has 1 aliphatic carbocycles. The van der Waals surface area contributed by atoms with Crippen molar-refractivity contribution in [2.45, 2.75) is 26.7 Å². The van der Waals surface area contributed by atoms with Crippen LogP contribution in [0.3, 0.4) is 0 Å². The molecule has 0 radical (unpaired) electrons. The lowest BCUT2D eigenvalue weighted by molar-refractivity contribution is -0.140. The molecule has 0 saturated heterocycles. The van der Waals surface area contributed by atoms with Gasteiger partial charge in [0.1, 0.15) is 0 Å². The summed E-state index contributed by atoms with van der Waals surface area (Å²) in [4.78, 5) is 33.4. The summed E-state index contributed by atoms with van der Waals surface area (Å²) < 4.78 is 0. The Kier molecular flexibility index (Phi) is 5.12. The predicted molar refractivity (Wildman–Crippen MR) is 64.7 cm³/mol. The van der Waals surface area contributed by atoms with Crippen molar-refractivity contribution in [2.24, 2.45) is 17.8 Å². The Morgan fingerprint density at radius 1 is 1.22 bits per heavy atom. The highest BCUT2D eigenvalue weighted by atomic mass is 16.4. The molecule has 0 aromatic rings. The second kappa shape index (κ2) is 6.37. The van der Waals surface area contributed by atoms with Crippen molar-refractivity contribution >= 4 is 17.8 Å². The van der Waals surface area contributed by atoms with E-state index in [-0.39, 0.29) is 24.8 Å². The highest BCUT2D eigenvalue weighted by Gasteiger charge is 2.48. The Labute approximate surface area is 106 Å². The van der Waals surface area contributed by atoms with E-state index in [0.717, 1.165) is 0 Å². The minimum absolute atomic E-state index is 0.102. The number of rotatable bonds is 7. The van der Waals surface area contributed by atoms with E-state index in [0.29, 0.717) is 18.9 Å². The van der Waals surface area contributed by atoms with E-state index in [1.54, 1.807) is 0 Å². The molecule has 0 heterocycles. The number of carbonyl (C=O) groups excluding carboxylic acids is 2. The van der Waals surface area contributed by atoms with Crippen molar-refractivity contribution in [3.63, 3.8) is 0 Å². The van der Waals surface area contributed by atoms with E-state index in [4.69, 9.17) is 5.11 Å². The molecule has 0 bridgehead atoms. The third-order valence-corrected chi connectivity index (χ3v) is 2.80. The first-order chi connectivity index (χ1) is 8.41. The zero-order chi connectivity index (χ0) is 13.7. The average Bonchev–Trinajstić information content (AvgIpc) is 3.06. The Morgan fingerprint density at radius 2 is 1.89 bits per heavy atom. The molecule has 1 rings (SSSR count). The molecule has 6 nitrogen and oxygen atoms in total. The maximum absolute atomic E-state index is 11.5. The summed E-state index contributed by atoms with van der Waals surface area (Å²) in [5, 5.41) is 14.0. The molecular weight excluding hydrogens is 236 g/mol. The van der Waals surface area contributed by atoms with Crippen LogP contribution in [0.25, 0.3) is 0 Å². The van der Waals surface area contributed by atoms with Crippen LogP contribution in [0.5, 0.6) is 0 Å². The summed E-state index contributed by atoms with van der Waals surface area (Å²) in [6, 6.07) is 0. The Morgan fingerprint density at radius 3 is 2.39 bits per heavy atom. The van der Waals surface area contributed by atoms with Gasteiger partial charge < -0.3 is 15.7 Å². The van der Waals surface area contributed by atoms with Crippen LogP contribution in [0.2, 0.25) is 0 Å². The smallest absolute Gasteiger partial charge is 0.307 e. The number of carbonyl (C=O) groups is 3. The quantitative estimate of drug-likeness (QED) is 0.597. The number of hydrogen-bond donors (Lipinski definition) is 3. The molecular formula is C12H20N2O4. The molecule has 0 aliphatic heterocycles. The Bertz CT molecular complexity index is 341. The van der Waals surface area contributed by atoms with Crippen LogP contribution in [-0.4, -0.2) is 36.0 Å². The molecule has 102 valence electrons. The highest BCUT2D eigenvalue weighted by Crippen LogP contribution is 2.38. The molecule has 2 amide bonds.